The fourth-order valence-corrected chi connectivity index (χ4v) is 3.06. The lowest BCUT2D eigenvalue weighted by Crippen LogP contribution is -2.22. The summed E-state index contributed by atoms with van der Waals surface area (Å²) in [5.41, 5.74) is 2.28. The molecule has 0 amide bonds. The number of rotatable bonds is 5. The van der Waals surface area contributed by atoms with Crippen LogP contribution in [0, 0.1) is 11.3 Å². The molecule has 1 saturated heterocycles. The maximum atomic E-state index is 9.31. The minimum absolute atomic E-state index is 0.0248. The number of anilines is 2. The van der Waals surface area contributed by atoms with Gasteiger partial charge < -0.3 is 15.0 Å². The highest BCUT2D eigenvalue weighted by atomic mass is 16.5. The number of aromatic nitrogens is 5. The summed E-state index contributed by atoms with van der Waals surface area (Å²) in [7, 11) is 3.92. The Morgan fingerprint density at radius 3 is 2.71 bits per heavy atom. The zero-order valence-corrected chi connectivity index (χ0v) is 15.7. The van der Waals surface area contributed by atoms with Crippen molar-refractivity contribution < 1.29 is 4.74 Å². The van der Waals surface area contributed by atoms with Crippen LogP contribution in [0.3, 0.4) is 0 Å². The van der Waals surface area contributed by atoms with E-state index in [1.807, 2.05) is 32.4 Å². The summed E-state index contributed by atoms with van der Waals surface area (Å²) in [6, 6.07) is 5.87. The molecule has 3 aromatic heterocycles. The van der Waals surface area contributed by atoms with Crippen LogP contribution in [0.25, 0.3) is 11.1 Å². The van der Waals surface area contributed by atoms with Crippen molar-refractivity contribution in [2.45, 2.75) is 12.5 Å². The summed E-state index contributed by atoms with van der Waals surface area (Å²) in [5.74, 6) is 1.23. The van der Waals surface area contributed by atoms with Crippen LogP contribution >= 0.6 is 0 Å². The third-order valence-electron chi connectivity index (χ3n) is 4.54. The molecule has 1 aliphatic heterocycles. The molecule has 1 unspecified atom stereocenters. The maximum absolute atomic E-state index is 9.31. The number of hydrogen-bond acceptors (Lipinski definition) is 8. The van der Waals surface area contributed by atoms with Crippen LogP contribution < -0.4 is 10.1 Å². The van der Waals surface area contributed by atoms with Gasteiger partial charge >= 0.3 is 0 Å². The van der Waals surface area contributed by atoms with Gasteiger partial charge in [0, 0.05) is 43.7 Å². The maximum Gasteiger partial charge on any atom is 0.236 e. The lowest BCUT2D eigenvalue weighted by molar-refractivity contribution is 0.199. The minimum atomic E-state index is 0.0248. The molecule has 4 rings (SSSR count). The molecule has 9 nitrogen and oxygen atoms in total. The van der Waals surface area contributed by atoms with Gasteiger partial charge in [-0.25, -0.2) is 9.97 Å². The fourth-order valence-electron chi connectivity index (χ4n) is 3.06. The standard InChI is InChI=1S/C19H20N8O/c1-26-6-5-16(12-26)28-18-14(7-20)9-22-19(25-18)24-17-4-3-13(8-21-17)15-10-23-27(2)11-15/h3-4,8-11,16H,5-6,12H2,1-2H3,(H,21,22,24,25). The van der Waals surface area contributed by atoms with E-state index in [2.05, 4.69) is 36.3 Å². The van der Waals surface area contributed by atoms with Crippen LogP contribution in [0.5, 0.6) is 5.88 Å². The number of pyridine rings is 1. The quantitative estimate of drug-likeness (QED) is 0.721. The lowest BCUT2D eigenvalue weighted by atomic mass is 10.2. The molecule has 0 bridgehead atoms. The van der Waals surface area contributed by atoms with Gasteiger partial charge in [-0.1, -0.05) is 0 Å². The molecule has 28 heavy (non-hydrogen) atoms. The smallest absolute Gasteiger partial charge is 0.236 e. The van der Waals surface area contributed by atoms with E-state index in [4.69, 9.17) is 4.74 Å². The first-order chi connectivity index (χ1) is 13.6. The molecule has 0 aromatic carbocycles. The summed E-state index contributed by atoms with van der Waals surface area (Å²) in [6.07, 6.45) is 7.88. The Balaban J connectivity index is 1.50. The second kappa shape index (κ2) is 7.62. The minimum Gasteiger partial charge on any atom is -0.472 e. The zero-order valence-electron chi connectivity index (χ0n) is 15.7. The monoisotopic (exact) mass is 376 g/mol. The van der Waals surface area contributed by atoms with Crippen molar-refractivity contribution >= 4 is 11.8 Å². The van der Waals surface area contributed by atoms with Gasteiger partial charge in [0.25, 0.3) is 0 Å². The molecule has 0 spiro atoms. The SMILES string of the molecule is CN1CCC(Oc2nc(Nc3ccc(-c4cnn(C)c4)cn3)ncc2C#N)C1. The Kier molecular flexibility index (Phi) is 4.87. The first-order valence-electron chi connectivity index (χ1n) is 8.95. The van der Waals surface area contributed by atoms with Crippen molar-refractivity contribution in [3.05, 3.63) is 42.5 Å². The zero-order chi connectivity index (χ0) is 19.5. The van der Waals surface area contributed by atoms with Crippen LogP contribution in [-0.2, 0) is 7.05 Å². The van der Waals surface area contributed by atoms with Gasteiger partial charge in [-0.05, 0) is 25.6 Å². The predicted molar refractivity (Wildman–Crippen MR) is 103 cm³/mol. The third kappa shape index (κ3) is 3.92. The van der Waals surface area contributed by atoms with Crippen molar-refractivity contribution in [1.82, 2.24) is 29.6 Å². The molecular formula is C19H20N8O. The van der Waals surface area contributed by atoms with Crippen LogP contribution in [0.15, 0.2) is 36.9 Å². The Morgan fingerprint density at radius 1 is 1.18 bits per heavy atom. The molecule has 0 saturated carbocycles. The molecule has 3 aromatic rings. The van der Waals surface area contributed by atoms with E-state index in [0.29, 0.717) is 23.2 Å². The molecule has 9 heteroatoms. The highest BCUT2D eigenvalue weighted by Gasteiger charge is 2.23. The van der Waals surface area contributed by atoms with E-state index >= 15 is 0 Å². The molecular weight excluding hydrogens is 356 g/mol. The van der Waals surface area contributed by atoms with E-state index in [0.717, 1.165) is 30.6 Å². The number of ether oxygens (including phenoxy) is 1. The van der Waals surface area contributed by atoms with Crippen molar-refractivity contribution in [1.29, 1.82) is 5.26 Å². The second-order valence-electron chi connectivity index (χ2n) is 6.77. The Hall–Kier alpha value is -3.51. The van der Waals surface area contributed by atoms with Gasteiger partial charge in [0.1, 0.15) is 23.6 Å². The molecule has 0 aliphatic carbocycles. The molecule has 4 heterocycles. The van der Waals surface area contributed by atoms with Crippen molar-refractivity contribution in [3.63, 3.8) is 0 Å². The number of nitrogens with one attached hydrogen (secondary N) is 1. The second-order valence-corrected chi connectivity index (χ2v) is 6.77. The predicted octanol–water partition coefficient (Wildman–Crippen LogP) is 1.97. The van der Waals surface area contributed by atoms with E-state index in [1.54, 1.807) is 17.1 Å². The van der Waals surface area contributed by atoms with Crippen LogP contribution in [0.2, 0.25) is 0 Å². The van der Waals surface area contributed by atoms with Gasteiger partial charge in [0.05, 0.1) is 12.4 Å². The first-order valence-corrected chi connectivity index (χ1v) is 8.95. The number of aryl methyl sites for hydroxylation is 1. The number of nitriles is 1. The van der Waals surface area contributed by atoms with Gasteiger partial charge in [0.15, 0.2) is 0 Å². The fraction of sp³-hybridized carbons (Fsp3) is 0.316. The summed E-state index contributed by atoms with van der Waals surface area (Å²) >= 11 is 0. The Labute approximate surface area is 162 Å². The number of likely N-dealkylation sites (tertiary alicyclic amines) is 1. The highest BCUT2D eigenvalue weighted by Crippen LogP contribution is 2.23. The number of likely N-dealkylation sites (N-methyl/N-ethyl adjacent to an activating group) is 1. The van der Waals surface area contributed by atoms with E-state index in [9.17, 15) is 5.26 Å². The number of nitrogens with zero attached hydrogens (tertiary/aromatic N) is 7. The number of hydrogen-bond donors (Lipinski definition) is 1. The van der Waals surface area contributed by atoms with Crippen molar-refractivity contribution in [2.75, 3.05) is 25.5 Å². The van der Waals surface area contributed by atoms with Gasteiger partial charge in [-0.2, -0.15) is 15.3 Å². The summed E-state index contributed by atoms with van der Waals surface area (Å²) in [5, 5.41) is 16.5. The molecule has 142 valence electrons. The molecule has 1 aliphatic rings. The molecule has 1 fully saturated rings. The topological polar surface area (TPSA) is 105 Å². The largest absolute Gasteiger partial charge is 0.472 e. The van der Waals surface area contributed by atoms with Gasteiger partial charge in [0.2, 0.25) is 11.8 Å². The lowest BCUT2D eigenvalue weighted by Gasteiger charge is -2.14. The Morgan fingerprint density at radius 2 is 2.07 bits per heavy atom. The Bertz CT molecular complexity index is 1010. The van der Waals surface area contributed by atoms with Gasteiger partial charge in [-0.15, -0.1) is 0 Å². The van der Waals surface area contributed by atoms with Crippen LogP contribution in [-0.4, -0.2) is 55.9 Å². The average molecular weight is 376 g/mol. The van der Waals surface area contributed by atoms with E-state index in [-0.39, 0.29) is 6.10 Å². The molecule has 0 radical (unpaired) electrons. The average Bonchev–Trinajstić information content (AvgIpc) is 3.31. The summed E-state index contributed by atoms with van der Waals surface area (Å²) in [4.78, 5) is 15.2. The highest BCUT2D eigenvalue weighted by molar-refractivity contribution is 5.63. The van der Waals surface area contributed by atoms with Crippen LogP contribution in [0.1, 0.15) is 12.0 Å². The van der Waals surface area contributed by atoms with E-state index in [1.165, 1.54) is 6.20 Å². The van der Waals surface area contributed by atoms with Crippen molar-refractivity contribution in [3.8, 4) is 23.1 Å². The van der Waals surface area contributed by atoms with E-state index < -0.39 is 0 Å². The summed E-state index contributed by atoms with van der Waals surface area (Å²) < 4.78 is 7.69. The van der Waals surface area contributed by atoms with Crippen molar-refractivity contribution in [2.24, 2.45) is 7.05 Å². The molecule has 1 N–H and O–H groups in total. The van der Waals surface area contributed by atoms with Gasteiger partial charge in [-0.3, -0.25) is 4.68 Å². The summed E-state index contributed by atoms with van der Waals surface area (Å²) in [6.45, 7) is 1.78. The third-order valence-corrected chi connectivity index (χ3v) is 4.54. The van der Waals surface area contributed by atoms with Crippen LogP contribution in [0.4, 0.5) is 11.8 Å². The molecule has 1 atom stereocenters. The first kappa shape index (κ1) is 17.9. The normalized spacial score (nSPS) is 16.7.